The molecule has 0 aliphatic carbocycles. The van der Waals surface area contributed by atoms with E-state index in [-0.39, 0.29) is 6.54 Å². The number of amides is 1. The van der Waals surface area contributed by atoms with Gasteiger partial charge in [-0.25, -0.2) is 9.59 Å². The van der Waals surface area contributed by atoms with Gasteiger partial charge in [0.2, 0.25) is 0 Å². The molecule has 0 aromatic heterocycles. The molecule has 0 bridgehead atoms. The van der Waals surface area contributed by atoms with Gasteiger partial charge in [-0.1, -0.05) is 6.08 Å². The minimum Gasteiger partial charge on any atom is -0.481 e. The molecule has 0 spiro atoms. The van der Waals surface area contributed by atoms with Crippen LogP contribution >= 0.6 is 0 Å². The number of carboxylic acid groups (broad SMARTS) is 2. The number of nitrogens with zero attached hydrogens (tertiary/aromatic N) is 1. The molecule has 108 valence electrons. The molecule has 0 radical (unpaired) electrons. The van der Waals surface area contributed by atoms with Crippen LogP contribution in [-0.2, 0) is 14.3 Å². The van der Waals surface area contributed by atoms with Crippen LogP contribution in [0.4, 0.5) is 4.79 Å². The van der Waals surface area contributed by atoms with Gasteiger partial charge in [0.25, 0.3) is 0 Å². The molecule has 7 nitrogen and oxygen atoms in total. The topological polar surface area (TPSA) is 104 Å². The first-order valence-corrected chi connectivity index (χ1v) is 5.63. The average molecular weight is 273 g/mol. The zero-order chi connectivity index (χ0) is 15.2. The van der Waals surface area contributed by atoms with Gasteiger partial charge >= 0.3 is 18.0 Å². The first kappa shape index (κ1) is 16.9. The predicted molar refractivity (Wildman–Crippen MR) is 66.8 cm³/mol. The van der Waals surface area contributed by atoms with Gasteiger partial charge in [0.15, 0.2) is 0 Å². The lowest BCUT2D eigenvalue weighted by Crippen LogP contribution is -2.48. The highest BCUT2D eigenvalue weighted by Crippen LogP contribution is 2.14. The van der Waals surface area contributed by atoms with Crippen molar-refractivity contribution in [3.05, 3.63) is 12.7 Å². The van der Waals surface area contributed by atoms with E-state index in [1.807, 2.05) is 0 Å². The molecule has 0 saturated heterocycles. The fourth-order valence-corrected chi connectivity index (χ4v) is 1.28. The summed E-state index contributed by atoms with van der Waals surface area (Å²) in [5.74, 6) is -2.72. The van der Waals surface area contributed by atoms with Gasteiger partial charge in [0.1, 0.15) is 11.6 Å². The van der Waals surface area contributed by atoms with E-state index in [1.54, 1.807) is 20.8 Å². The minimum atomic E-state index is -1.50. The van der Waals surface area contributed by atoms with Gasteiger partial charge in [-0.2, -0.15) is 0 Å². The Morgan fingerprint density at radius 3 is 2.16 bits per heavy atom. The van der Waals surface area contributed by atoms with Gasteiger partial charge in [-0.05, 0) is 20.8 Å². The van der Waals surface area contributed by atoms with Crippen LogP contribution in [0.5, 0.6) is 0 Å². The minimum absolute atomic E-state index is 0.112. The molecule has 0 aromatic carbocycles. The zero-order valence-electron chi connectivity index (χ0n) is 11.3. The van der Waals surface area contributed by atoms with Crippen molar-refractivity contribution in [1.29, 1.82) is 0 Å². The van der Waals surface area contributed by atoms with Crippen molar-refractivity contribution in [2.24, 2.45) is 0 Å². The van der Waals surface area contributed by atoms with Crippen LogP contribution in [0.2, 0.25) is 0 Å². The number of carboxylic acids is 2. The molecule has 7 heteroatoms. The maximum Gasteiger partial charge on any atom is 0.411 e. The molecule has 0 rings (SSSR count). The quantitative estimate of drug-likeness (QED) is 0.707. The van der Waals surface area contributed by atoms with Crippen molar-refractivity contribution in [3.63, 3.8) is 0 Å². The molecule has 1 amide bonds. The van der Waals surface area contributed by atoms with E-state index >= 15 is 0 Å². The van der Waals surface area contributed by atoms with Crippen molar-refractivity contribution < 1.29 is 29.3 Å². The summed E-state index contributed by atoms with van der Waals surface area (Å²) >= 11 is 0. The number of hydrogen-bond donors (Lipinski definition) is 2. The summed E-state index contributed by atoms with van der Waals surface area (Å²) in [4.78, 5) is 34.4. The Bertz CT molecular complexity index is 371. The SMILES string of the molecule is C=CCN(C(=O)OC(C)(C)C)[C@H](CC(=O)O)C(=O)O. The molecule has 0 unspecified atom stereocenters. The summed E-state index contributed by atoms with van der Waals surface area (Å²) in [6.07, 6.45) is -0.287. The first-order valence-electron chi connectivity index (χ1n) is 5.63. The summed E-state index contributed by atoms with van der Waals surface area (Å²) < 4.78 is 5.05. The third kappa shape index (κ3) is 6.44. The molecule has 0 aliphatic rings. The number of rotatable bonds is 6. The fraction of sp³-hybridized carbons (Fsp3) is 0.583. The van der Waals surface area contributed by atoms with Crippen LogP contribution in [0.1, 0.15) is 27.2 Å². The Balaban J connectivity index is 5.13. The lowest BCUT2D eigenvalue weighted by Gasteiger charge is -2.30. The Morgan fingerprint density at radius 2 is 1.84 bits per heavy atom. The van der Waals surface area contributed by atoms with Crippen LogP contribution < -0.4 is 0 Å². The predicted octanol–water partition coefficient (Wildman–Crippen LogP) is 1.34. The summed E-state index contributed by atoms with van der Waals surface area (Å²) in [7, 11) is 0. The summed E-state index contributed by atoms with van der Waals surface area (Å²) in [6, 6.07) is -1.50. The van der Waals surface area contributed by atoms with Crippen molar-refractivity contribution in [2.75, 3.05) is 6.54 Å². The lowest BCUT2D eigenvalue weighted by atomic mass is 10.1. The second-order valence-corrected chi connectivity index (χ2v) is 4.87. The van der Waals surface area contributed by atoms with E-state index in [2.05, 4.69) is 6.58 Å². The van der Waals surface area contributed by atoms with Crippen molar-refractivity contribution in [3.8, 4) is 0 Å². The lowest BCUT2D eigenvalue weighted by molar-refractivity contribution is -0.149. The highest BCUT2D eigenvalue weighted by molar-refractivity contribution is 5.84. The molecule has 0 aliphatic heterocycles. The highest BCUT2D eigenvalue weighted by Gasteiger charge is 2.33. The van der Waals surface area contributed by atoms with Crippen molar-refractivity contribution in [2.45, 2.75) is 38.8 Å². The maximum absolute atomic E-state index is 11.9. The van der Waals surface area contributed by atoms with Crippen LogP contribution in [0.15, 0.2) is 12.7 Å². The number of hydrogen-bond acceptors (Lipinski definition) is 4. The standard InChI is InChI=1S/C12H19NO6/c1-5-6-13(11(18)19-12(2,3)4)8(10(16)17)7-9(14)15/h5,8H,1,6-7H2,2-4H3,(H,14,15)(H,16,17)/t8-/m1/s1. The smallest absolute Gasteiger partial charge is 0.411 e. The third-order valence-electron chi connectivity index (χ3n) is 1.98. The third-order valence-corrected chi connectivity index (χ3v) is 1.98. The Kier molecular flexibility index (Phi) is 6.04. The second-order valence-electron chi connectivity index (χ2n) is 4.87. The Morgan fingerprint density at radius 1 is 1.32 bits per heavy atom. The normalized spacial score (nSPS) is 12.4. The zero-order valence-corrected chi connectivity index (χ0v) is 11.3. The molecule has 0 heterocycles. The van der Waals surface area contributed by atoms with Gasteiger partial charge in [0.05, 0.1) is 6.42 Å². The fourth-order valence-electron chi connectivity index (χ4n) is 1.28. The van der Waals surface area contributed by atoms with E-state index in [0.717, 1.165) is 4.90 Å². The van der Waals surface area contributed by atoms with Gasteiger partial charge in [0, 0.05) is 6.54 Å². The van der Waals surface area contributed by atoms with E-state index in [9.17, 15) is 14.4 Å². The Hall–Kier alpha value is -2.05. The van der Waals surface area contributed by atoms with Crippen LogP contribution in [-0.4, -0.2) is 51.3 Å². The van der Waals surface area contributed by atoms with Crippen LogP contribution in [0, 0.1) is 0 Å². The van der Waals surface area contributed by atoms with E-state index in [1.165, 1.54) is 6.08 Å². The maximum atomic E-state index is 11.9. The number of aliphatic carboxylic acids is 2. The molecule has 0 fully saturated rings. The van der Waals surface area contributed by atoms with E-state index < -0.39 is 36.1 Å². The molecule has 19 heavy (non-hydrogen) atoms. The van der Waals surface area contributed by atoms with Gasteiger partial charge < -0.3 is 14.9 Å². The monoisotopic (exact) mass is 273 g/mol. The van der Waals surface area contributed by atoms with Gasteiger partial charge in [-0.3, -0.25) is 9.69 Å². The summed E-state index contributed by atoms with van der Waals surface area (Å²) in [5.41, 5.74) is -0.803. The molecule has 0 saturated carbocycles. The van der Waals surface area contributed by atoms with E-state index in [4.69, 9.17) is 14.9 Å². The molecular formula is C12H19NO6. The molecule has 1 atom stereocenters. The first-order chi connectivity index (χ1) is 8.58. The number of ether oxygens (including phenoxy) is 1. The second kappa shape index (κ2) is 6.77. The summed E-state index contributed by atoms with van der Waals surface area (Å²) in [5, 5.41) is 17.7. The van der Waals surface area contributed by atoms with Crippen LogP contribution in [0.3, 0.4) is 0 Å². The van der Waals surface area contributed by atoms with Crippen LogP contribution in [0.25, 0.3) is 0 Å². The number of carbonyl (C=O) groups is 3. The van der Waals surface area contributed by atoms with Gasteiger partial charge in [-0.15, -0.1) is 6.58 Å². The highest BCUT2D eigenvalue weighted by atomic mass is 16.6. The van der Waals surface area contributed by atoms with Crippen molar-refractivity contribution in [1.82, 2.24) is 4.90 Å². The average Bonchev–Trinajstić information content (AvgIpc) is 2.19. The van der Waals surface area contributed by atoms with Crippen molar-refractivity contribution >= 4 is 18.0 Å². The molecule has 0 aromatic rings. The van der Waals surface area contributed by atoms with E-state index in [0.29, 0.717) is 0 Å². The molecule has 2 N–H and O–H groups in total. The number of carbonyl (C=O) groups excluding carboxylic acids is 1. The summed E-state index contributed by atoms with van der Waals surface area (Å²) in [6.45, 7) is 8.19. The molecular weight excluding hydrogens is 254 g/mol. The Labute approximate surface area is 111 Å². The largest absolute Gasteiger partial charge is 0.481 e.